The SMILES string of the molecule is CC(=O)OCC1Oc2ccc(Cl)cc2NC1=O. The van der Waals surface area contributed by atoms with Crippen LogP contribution in [0.1, 0.15) is 6.92 Å². The second-order valence-electron chi connectivity index (χ2n) is 3.54. The van der Waals surface area contributed by atoms with Crippen LogP contribution in [0.15, 0.2) is 18.2 Å². The van der Waals surface area contributed by atoms with Gasteiger partial charge in [-0.3, -0.25) is 9.59 Å². The number of benzene rings is 1. The number of carbonyl (C=O) groups excluding carboxylic acids is 2. The minimum atomic E-state index is -0.826. The molecule has 0 saturated heterocycles. The fraction of sp³-hybridized carbons (Fsp3) is 0.273. The Morgan fingerprint density at radius 2 is 2.35 bits per heavy atom. The topological polar surface area (TPSA) is 64.6 Å². The fourth-order valence-corrected chi connectivity index (χ4v) is 1.60. The Kier molecular flexibility index (Phi) is 3.19. The fourth-order valence-electron chi connectivity index (χ4n) is 1.43. The summed E-state index contributed by atoms with van der Waals surface area (Å²) in [6, 6.07) is 4.90. The van der Waals surface area contributed by atoms with E-state index in [1.807, 2.05) is 0 Å². The van der Waals surface area contributed by atoms with Crippen molar-refractivity contribution in [2.45, 2.75) is 13.0 Å². The molecule has 1 amide bonds. The number of hydrogen-bond acceptors (Lipinski definition) is 4. The van der Waals surface area contributed by atoms with Crippen LogP contribution in [0.2, 0.25) is 5.02 Å². The van der Waals surface area contributed by atoms with Gasteiger partial charge in [-0.2, -0.15) is 0 Å². The lowest BCUT2D eigenvalue weighted by Gasteiger charge is -2.25. The third-order valence-electron chi connectivity index (χ3n) is 2.20. The number of fused-ring (bicyclic) bond motifs is 1. The Balaban J connectivity index is 2.13. The zero-order valence-electron chi connectivity index (χ0n) is 9.03. The normalized spacial score (nSPS) is 17.8. The van der Waals surface area contributed by atoms with Gasteiger partial charge in [-0.1, -0.05) is 11.6 Å². The monoisotopic (exact) mass is 255 g/mol. The Hall–Kier alpha value is -1.75. The van der Waals surface area contributed by atoms with Crippen LogP contribution in [-0.4, -0.2) is 24.6 Å². The molecule has 1 aliphatic rings. The Labute approximate surface area is 103 Å². The minimum Gasteiger partial charge on any atom is -0.475 e. The van der Waals surface area contributed by atoms with E-state index < -0.39 is 12.1 Å². The first-order chi connectivity index (χ1) is 8.06. The molecule has 90 valence electrons. The summed E-state index contributed by atoms with van der Waals surface area (Å²) in [4.78, 5) is 22.3. The van der Waals surface area contributed by atoms with Crippen molar-refractivity contribution >= 4 is 29.2 Å². The molecule has 0 radical (unpaired) electrons. The standard InChI is InChI=1S/C11H10ClNO4/c1-6(14)16-5-10-11(15)13-8-4-7(12)2-3-9(8)17-10/h2-4,10H,5H2,1H3,(H,13,15). The quantitative estimate of drug-likeness (QED) is 0.816. The molecule has 0 saturated carbocycles. The van der Waals surface area contributed by atoms with Crippen molar-refractivity contribution in [3.8, 4) is 5.75 Å². The highest BCUT2D eigenvalue weighted by Crippen LogP contribution is 2.31. The summed E-state index contributed by atoms with van der Waals surface area (Å²) in [6.07, 6.45) is -0.826. The first-order valence-corrected chi connectivity index (χ1v) is 5.34. The third-order valence-corrected chi connectivity index (χ3v) is 2.43. The summed E-state index contributed by atoms with van der Waals surface area (Å²) in [5.41, 5.74) is 0.515. The van der Waals surface area contributed by atoms with Gasteiger partial charge in [-0.05, 0) is 18.2 Å². The number of anilines is 1. The first kappa shape index (κ1) is 11.7. The number of hydrogen-bond donors (Lipinski definition) is 1. The third kappa shape index (κ3) is 2.68. The summed E-state index contributed by atoms with van der Waals surface area (Å²) in [7, 11) is 0. The molecule has 1 aromatic carbocycles. The number of rotatable bonds is 2. The second kappa shape index (κ2) is 4.63. The lowest BCUT2D eigenvalue weighted by atomic mass is 10.2. The molecule has 6 heteroatoms. The van der Waals surface area contributed by atoms with Gasteiger partial charge in [0.1, 0.15) is 12.4 Å². The van der Waals surface area contributed by atoms with Crippen LogP contribution < -0.4 is 10.1 Å². The molecule has 0 fully saturated rings. The Morgan fingerprint density at radius 3 is 3.06 bits per heavy atom. The molecule has 1 heterocycles. The molecule has 1 aromatic rings. The molecule has 1 N–H and O–H groups in total. The number of carbonyl (C=O) groups is 2. The number of nitrogens with one attached hydrogen (secondary N) is 1. The van der Waals surface area contributed by atoms with E-state index >= 15 is 0 Å². The van der Waals surface area contributed by atoms with Crippen molar-refractivity contribution in [1.29, 1.82) is 0 Å². The van der Waals surface area contributed by atoms with Crippen LogP contribution in [0.4, 0.5) is 5.69 Å². The zero-order valence-corrected chi connectivity index (χ0v) is 9.78. The summed E-state index contributed by atoms with van der Waals surface area (Å²) in [5, 5.41) is 3.14. The van der Waals surface area contributed by atoms with E-state index in [9.17, 15) is 9.59 Å². The van der Waals surface area contributed by atoms with E-state index in [1.54, 1.807) is 18.2 Å². The van der Waals surface area contributed by atoms with Gasteiger partial charge in [-0.25, -0.2) is 0 Å². The van der Waals surface area contributed by atoms with Crippen molar-refractivity contribution in [3.63, 3.8) is 0 Å². The summed E-state index contributed by atoms with van der Waals surface area (Å²) in [5.74, 6) is -0.310. The van der Waals surface area contributed by atoms with Gasteiger partial charge < -0.3 is 14.8 Å². The first-order valence-electron chi connectivity index (χ1n) is 4.96. The zero-order chi connectivity index (χ0) is 12.4. The van der Waals surface area contributed by atoms with Crippen LogP contribution in [0.3, 0.4) is 0 Å². The molecule has 0 aromatic heterocycles. The lowest BCUT2D eigenvalue weighted by molar-refractivity contribution is -0.145. The molecular formula is C11H10ClNO4. The summed E-state index contributed by atoms with van der Waals surface area (Å²) < 4.78 is 10.1. The molecule has 0 bridgehead atoms. The van der Waals surface area contributed by atoms with Crippen LogP contribution in [0, 0.1) is 0 Å². The van der Waals surface area contributed by atoms with Gasteiger partial charge in [0, 0.05) is 11.9 Å². The van der Waals surface area contributed by atoms with Crippen LogP contribution >= 0.6 is 11.6 Å². The van der Waals surface area contributed by atoms with Crippen LogP contribution in [0.5, 0.6) is 5.75 Å². The average molecular weight is 256 g/mol. The largest absolute Gasteiger partial charge is 0.475 e. The van der Waals surface area contributed by atoms with Crippen molar-refractivity contribution in [3.05, 3.63) is 23.2 Å². The molecule has 0 spiro atoms. The van der Waals surface area contributed by atoms with Crippen molar-refractivity contribution in [1.82, 2.24) is 0 Å². The van der Waals surface area contributed by atoms with Crippen molar-refractivity contribution in [2.24, 2.45) is 0 Å². The molecular weight excluding hydrogens is 246 g/mol. The van der Waals surface area contributed by atoms with Gasteiger partial charge in [0.05, 0.1) is 5.69 Å². The van der Waals surface area contributed by atoms with Crippen LogP contribution in [0.25, 0.3) is 0 Å². The number of halogens is 1. The molecule has 1 aliphatic heterocycles. The van der Waals surface area contributed by atoms with E-state index in [2.05, 4.69) is 5.32 Å². The van der Waals surface area contributed by atoms with E-state index in [1.165, 1.54) is 6.92 Å². The van der Waals surface area contributed by atoms with Gasteiger partial charge in [0.2, 0.25) is 6.10 Å². The second-order valence-corrected chi connectivity index (χ2v) is 3.98. The average Bonchev–Trinajstić information content (AvgIpc) is 2.26. The van der Waals surface area contributed by atoms with Gasteiger partial charge in [0.25, 0.3) is 5.91 Å². The molecule has 17 heavy (non-hydrogen) atoms. The molecule has 0 aliphatic carbocycles. The van der Waals surface area contributed by atoms with E-state index in [0.717, 1.165) is 0 Å². The van der Waals surface area contributed by atoms with Crippen molar-refractivity contribution < 1.29 is 19.1 Å². The molecule has 1 unspecified atom stereocenters. The highest BCUT2D eigenvalue weighted by atomic mass is 35.5. The summed E-state index contributed by atoms with van der Waals surface area (Å²) in [6.45, 7) is 1.16. The lowest BCUT2D eigenvalue weighted by Crippen LogP contribution is -2.40. The maximum atomic E-state index is 11.6. The van der Waals surface area contributed by atoms with Gasteiger partial charge in [0.15, 0.2) is 0 Å². The highest BCUT2D eigenvalue weighted by Gasteiger charge is 2.28. The predicted molar refractivity (Wildman–Crippen MR) is 61.1 cm³/mol. The van der Waals surface area contributed by atoms with E-state index in [0.29, 0.717) is 16.5 Å². The number of ether oxygens (including phenoxy) is 2. The predicted octanol–water partition coefficient (Wildman–Crippen LogP) is 1.60. The van der Waals surface area contributed by atoms with E-state index in [-0.39, 0.29) is 12.5 Å². The van der Waals surface area contributed by atoms with Gasteiger partial charge >= 0.3 is 5.97 Å². The summed E-state index contributed by atoms with van der Waals surface area (Å²) >= 11 is 5.79. The maximum Gasteiger partial charge on any atom is 0.302 e. The molecule has 2 rings (SSSR count). The van der Waals surface area contributed by atoms with E-state index in [4.69, 9.17) is 21.1 Å². The van der Waals surface area contributed by atoms with Crippen LogP contribution in [-0.2, 0) is 14.3 Å². The van der Waals surface area contributed by atoms with Gasteiger partial charge in [-0.15, -0.1) is 0 Å². The van der Waals surface area contributed by atoms with Crippen molar-refractivity contribution in [2.75, 3.05) is 11.9 Å². The maximum absolute atomic E-state index is 11.6. The minimum absolute atomic E-state index is 0.108. The Bertz CT molecular complexity index is 475. The smallest absolute Gasteiger partial charge is 0.302 e. The number of amides is 1. The highest BCUT2D eigenvalue weighted by molar-refractivity contribution is 6.31. The molecule has 1 atom stereocenters. The molecule has 5 nitrogen and oxygen atoms in total. The number of esters is 1. The Morgan fingerprint density at radius 1 is 1.59 bits per heavy atom.